The monoisotopic (exact) mass is 307 g/mol. The van der Waals surface area contributed by atoms with Gasteiger partial charge in [-0.05, 0) is 48.4 Å². The molecule has 0 spiro atoms. The Morgan fingerprint density at radius 2 is 2.22 bits per heavy atom. The summed E-state index contributed by atoms with van der Waals surface area (Å²) in [5.41, 5.74) is 1.99. The lowest BCUT2D eigenvalue weighted by Crippen LogP contribution is -2.42. The lowest BCUT2D eigenvalue weighted by Gasteiger charge is -2.42. The number of hydrogen-bond acceptors (Lipinski definition) is 1. The second-order valence-corrected chi connectivity index (χ2v) is 7.28. The fraction of sp³-hybridized carbons (Fsp3) is 0.625. The van der Waals surface area contributed by atoms with E-state index in [0.29, 0.717) is 11.3 Å². The van der Waals surface area contributed by atoms with Crippen molar-refractivity contribution in [2.24, 2.45) is 11.3 Å². The smallest absolute Gasteiger partial charge is 0.0178 e. The van der Waals surface area contributed by atoms with Gasteiger partial charge >= 0.3 is 0 Å². The van der Waals surface area contributed by atoms with Crippen molar-refractivity contribution in [2.45, 2.75) is 38.5 Å². The third-order valence-corrected chi connectivity index (χ3v) is 5.26. The molecule has 0 aromatic heterocycles. The molecule has 0 bridgehead atoms. The van der Waals surface area contributed by atoms with Crippen molar-refractivity contribution in [3.63, 3.8) is 0 Å². The van der Waals surface area contributed by atoms with E-state index in [2.05, 4.69) is 52.4 Å². The Morgan fingerprint density at radius 1 is 1.39 bits per heavy atom. The van der Waals surface area contributed by atoms with Gasteiger partial charge in [0.2, 0.25) is 0 Å². The highest BCUT2D eigenvalue weighted by molar-refractivity contribution is 9.10. The van der Waals surface area contributed by atoms with Crippen LogP contribution in [-0.4, -0.2) is 13.1 Å². The third-order valence-electron chi connectivity index (χ3n) is 4.77. The largest absolute Gasteiger partial charge is 0.316 e. The Hall–Kier alpha value is -0.340. The molecule has 0 radical (unpaired) electrons. The molecule has 1 aromatic carbocycles. The Morgan fingerprint density at radius 3 is 2.94 bits per heavy atom. The molecule has 1 aliphatic heterocycles. The van der Waals surface area contributed by atoms with Crippen molar-refractivity contribution >= 4 is 15.9 Å². The molecule has 3 rings (SSSR count). The van der Waals surface area contributed by atoms with Crippen LogP contribution in [0, 0.1) is 11.3 Å². The summed E-state index contributed by atoms with van der Waals surface area (Å²) in [6.45, 7) is 4.84. The summed E-state index contributed by atoms with van der Waals surface area (Å²) in [5, 5.41) is 3.59. The molecule has 1 aromatic rings. The van der Waals surface area contributed by atoms with E-state index in [0.717, 1.165) is 12.5 Å². The lowest BCUT2D eigenvalue weighted by molar-refractivity contribution is 0.163. The second-order valence-electron chi connectivity index (χ2n) is 6.36. The van der Waals surface area contributed by atoms with Crippen molar-refractivity contribution in [2.75, 3.05) is 13.1 Å². The van der Waals surface area contributed by atoms with Crippen LogP contribution in [0.5, 0.6) is 0 Å². The molecule has 1 nitrogen and oxygen atoms in total. The highest BCUT2D eigenvalue weighted by Gasteiger charge is 2.41. The van der Waals surface area contributed by atoms with Crippen LogP contribution in [0.3, 0.4) is 0 Å². The van der Waals surface area contributed by atoms with Gasteiger partial charge in [-0.3, -0.25) is 0 Å². The van der Waals surface area contributed by atoms with Crippen LogP contribution in [0.1, 0.15) is 44.1 Å². The molecule has 1 saturated heterocycles. The van der Waals surface area contributed by atoms with Gasteiger partial charge < -0.3 is 5.32 Å². The van der Waals surface area contributed by atoms with E-state index in [9.17, 15) is 0 Å². The Bertz CT molecular complexity index is 427. The van der Waals surface area contributed by atoms with E-state index in [1.165, 1.54) is 42.3 Å². The van der Waals surface area contributed by atoms with Gasteiger partial charge in [0.1, 0.15) is 0 Å². The molecule has 1 N–H and O–H groups in total. The van der Waals surface area contributed by atoms with Crippen molar-refractivity contribution in [1.82, 2.24) is 5.32 Å². The fourth-order valence-electron chi connectivity index (χ4n) is 3.51. The van der Waals surface area contributed by atoms with Crippen molar-refractivity contribution < 1.29 is 0 Å². The molecular weight excluding hydrogens is 286 g/mol. The van der Waals surface area contributed by atoms with E-state index in [1.807, 2.05) is 0 Å². The highest BCUT2D eigenvalue weighted by Crippen LogP contribution is 2.50. The maximum atomic E-state index is 3.61. The van der Waals surface area contributed by atoms with Gasteiger partial charge in [-0.2, -0.15) is 0 Å². The van der Waals surface area contributed by atoms with E-state index < -0.39 is 0 Å². The lowest BCUT2D eigenvalue weighted by atomic mass is 9.66. The number of halogens is 1. The van der Waals surface area contributed by atoms with Crippen LogP contribution in [0.25, 0.3) is 0 Å². The van der Waals surface area contributed by atoms with Crippen LogP contribution in [0.2, 0.25) is 0 Å². The SMILES string of the molecule is CC1(CC2CC2)CCNCC1c1cccc(Br)c1. The topological polar surface area (TPSA) is 12.0 Å². The normalized spacial score (nSPS) is 32.4. The van der Waals surface area contributed by atoms with Gasteiger partial charge in [-0.1, -0.05) is 47.8 Å². The highest BCUT2D eigenvalue weighted by atomic mass is 79.9. The first-order valence-corrected chi connectivity index (χ1v) is 7.93. The standard InChI is InChI=1S/C16H22BrN/c1-16(10-12-5-6-12)7-8-18-11-15(16)13-3-2-4-14(17)9-13/h2-4,9,12,15,18H,5-8,10-11H2,1H3. The van der Waals surface area contributed by atoms with Gasteiger partial charge in [0, 0.05) is 16.9 Å². The van der Waals surface area contributed by atoms with Crippen LogP contribution in [-0.2, 0) is 0 Å². The van der Waals surface area contributed by atoms with Crippen molar-refractivity contribution in [3.8, 4) is 0 Å². The predicted molar refractivity (Wildman–Crippen MR) is 79.8 cm³/mol. The van der Waals surface area contributed by atoms with Gasteiger partial charge in [-0.25, -0.2) is 0 Å². The van der Waals surface area contributed by atoms with E-state index in [-0.39, 0.29) is 0 Å². The molecule has 2 heteroatoms. The molecule has 2 unspecified atom stereocenters. The van der Waals surface area contributed by atoms with Crippen LogP contribution in [0.15, 0.2) is 28.7 Å². The molecule has 1 saturated carbocycles. The molecule has 1 aliphatic carbocycles. The summed E-state index contributed by atoms with van der Waals surface area (Å²) in [6.07, 6.45) is 5.68. The number of nitrogens with one attached hydrogen (secondary N) is 1. The molecular formula is C16H22BrN. The first-order chi connectivity index (χ1) is 8.67. The molecule has 2 aliphatic rings. The predicted octanol–water partition coefficient (Wildman–Crippen LogP) is 4.33. The van der Waals surface area contributed by atoms with Crippen LogP contribution >= 0.6 is 15.9 Å². The number of piperidine rings is 1. The Kier molecular flexibility index (Phi) is 3.50. The van der Waals surface area contributed by atoms with Crippen molar-refractivity contribution in [1.29, 1.82) is 0 Å². The van der Waals surface area contributed by atoms with Gasteiger partial charge in [0.25, 0.3) is 0 Å². The minimum Gasteiger partial charge on any atom is -0.316 e. The first kappa shape index (κ1) is 12.7. The van der Waals surface area contributed by atoms with Gasteiger partial charge in [-0.15, -0.1) is 0 Å². The quantitative estimate of drug-likeness (QED) is 0.876. The zero-order valence-electron chi connectivity index (χ0n) is 11.1. The van der Waals surface area contributed by atoms with E-state index >= 15 is 0 Å². The fourth-order valence-corrected chi connectivity index (χ4v) is 3.93. The second kappa shape index (κ2) is 4.97. The maximum Gasteiger partial charge on any atom is 0.0178 e. The summed E-state index contributed by atoms with van der Waals surface area (Å²) in [6, 6.07) is 8.90. The van der Waals surface area contributed by atoms with Crippen LogP contribution in [0.4, 0.5) is 0 Å². The van der Waals surface area contributed by atoms with Gasteiger partial charge in [0.15, 0.2) is 0 Å². The third kappa shape index (κ3) is 2.65. The zero-order valence-corrected chi connectivity index (χ0v) is 12.7. The maximum absolute atomic E-state index is 3.61. The Balaban J connectivity index is 1.86. The molecule has 98 valence electrons. The molecule has 2 fully saturated rings. The molecule has 1 heterocycles. The Labute approximate surface area is 118 Å². The van der Waals surface area contributed by atoms with E-state index in [1.54, 1.807) is 0 Å². The number of hydrogen-bond donors (Lipinski definition) is 1. The van der Waals surface area contributed by atoms with Crippen molar-refractivity contribution in [3.05, 3.63) is 34.3 Å². The van der Waals surface area contributed by atoms with Crippen LogP contribution < -0.4 is 5.32 Å². The minimum absolute atomic E-state index is 0.493. The summed E-state index contributed by atoms with van der Waals surface area (Å²) >= 11 is 3.61. The first-order valence-electron chi connectivity index (χ1n) is 7.13. The minimum atomic E-state index is 0.493. The zero-order chi connectivity index (χ0) is 12.6. The molecule has 0 amide bonds. The van der Waals surface area contributed by atoms with Gasteiger partial charge in [0.05, 0.1) is 0 Å². The van der Waals surface area contributed by atoms with E-state index in [4.69, 9.17) is 0 Å². The summed E-state index contributed by atoms with van der Waals surface area (Å²) in [7, 11) is 0. The average Bonchev–Trinajstić information content (AvgIpc) is 3.13. The molecule has 2 atom stereocenters. The number of rotatable bonds is 3. The average molecular weight is 308 g/mol. The summed E-state index contributed by atoms with van der Waals surface area (Å²) < 4.78 is 1.21. The molecule has 18 heavy (non-hydrogen) atoms. The summed E-state index contributed by atoms with van der Waals surface area (Å²) in [4.78, 5) is 0. The summed E-state index contributed by atoms with van der Waals surface area (Å²) in [5.74, 6) is 1.69. The number of benzene rings is 1.